The van der Waals surface area contributed by atoms with Crippen molar-refractivity contribution in [1.82, 2.24) is 19.9 Å². The van der Waals surface area contributed by atoms with E-state index in [0.717, 1.165) is 5.69 Å². The van der Waals surface area contributed by atoms with Crippen LogP contribution in [0.1, 0.15) is 47.3 Å². The molecule has 3 rings (SSSR count). The molecule has 0 unspecified atom stereocenters. The number of hydrogen-bond acceptors (Lipinski definition) is 4. The largest absolute Gasteiger partial charge is 0.338 e. The molecule has 126 valence electrons. The predicted octanol–water partition coefficient (Wildman–Crippen LogP) is 2.84. The maximum absolute atomic E-state index is 15.1. The van der Waals surface area contributed by atoms with Gasteiger partial charge in [0.15, 0.2) is 5.67 Å². The summed E-state index contributed by atoms with van der Waals surface area (Å²) in [4.78, 5) is 27.1. The summed E-state index contributed by atoms with van der Waals surface area (Å²) >= 11 is 0. The van der Waals surface area contributed by atoms with E-state index in [1.54, 1.807) is 42.4 Å². The Hall–Kier alpha value is -2.37. The molecule has 2 aromatic rings. The standard InChI is InChI=1S/C18H21FN4O/c1-3-15-14(12-21-13(2)22-15)17(24)23-10-7-18(19,8-11-23)16-6-4-5-9-20-16/h4-6,9,12H,3,7-8,10-11H2,1-2H3. The Morgan fingerprint density at radius 3 is 2.67 bits per heavy atom. The Labute approximate surface area is 141 Å². The third-order valence-corrected chi connectivity index (χ3v) is 4.52. The number of amides is 1. The first-order valence-corrected chi connectivity index (χ1v) is 8.26. The molecule has 0 radical (unpaired) electrons. The quantitative estimate of drug-likeness (QED) is 0.869. The molecule has 24 heavy (non-hydrogen) atoms. The molecule has 5 nitrogen and oxygen atoms in total. The van der Waals surface area contributed by atoms with E-state index in [9.17, 15) is 4.79 Å². The van der Waals surface area contributed by atoms with Gasteiger partial charge in [-0.1, -0.05) is 13.0 Å². The van der Waals surface area contributed by atoms with Crippen LogP contribution in [-0.2, 0) is 12.1 Å². The molecular formula is C18H21FN4O. The summed E-state index contributed by atoms with van der Waals surface area (Å²) < 4.78 is 15.1. The summed E-state index contributed by atoms with van der Waals surface area (Å²) in [5.41, 5.74) is 0.252. The summed E-state index contributed by atoms with van der Waals surface area (Å²) in [5, 5.41) is 0. The van der Waals surface area contributed by atoms with Gasteiger partial charge in [0.2, 0.25) is 0 Å². The van der Waals surface area contributed by atoms with Crippen LogP contribution in [-0.4, -0.2) is 38.8 Å². The number of alkyl halides is 1. The Balaban J connectivity index is 1.74. The molecule has 2 aromatic heterocycles. The second-order valence-electron chi connectivity index (χ2n) is 6.10. The van der Waals surface area contributed by atoms with Crippen molar-refractivity contribution in [3.8, 4) is 0 Å². The lowest BCUT2D eigenvalue weighted by atomic mass is 9.89. The number of piperidine rings is 1. The Kier molecular flexibility index (Phi) is 4.55. The Morgan fingerprint density at radius 1 is 1.29 bits per heavy atom. The number of pyridine rings is 1. The van der Waals surface area contributed by atoms with Crippen molar-refractivity contribution in [3.05, 3.63) is 53.4 Å². The molecule has 1 aliphatic rings. The van der Waals surface area contributed by atoms with Crippen LogP contribution in [0.3, 0.4) is 0 Å². The van der Waals surface area contributed by atoms with E-state index < -0.39 is 5.67 Å². The first-order valence-electron chi connectivity index (χ1n) is 8.26. The third-order valence-electron chi connectivity index (χ3n) is 4.52. The van der Waals surface area contributed by atoms with E-state index in [1.807, 2.05) is 6.92 Å². The van der Waals surface area contributed by atoms with Gasteiger partial charge < -0.3 is 4.90 Å². The minimum Gasteiger partial charge on any atom is -0.338 e. The van der Waals surface area contributed by atoms with Crippen LogP contribution in [0.2, 0.25) is 0 Å². The van der Waals surface area contributed by atoms with E-state index in [4.69, 9.17) is 0 Å². The van der Waals surface area contributed by atoms with Crippen molar-refractivity contribution in [2.45, 2.75) is 38.8 Å². The molecule has 1 saturated heterocycles. The summed E-state index contributed by atoms with van der Waals surface area (Å²) in [6, 6.07) is 5.27. The minimum absolute atomic E-state index is 0.116. The fourth-order valence-electron chi connectivity index (χ4n) is 3.08. The second kappa shape index (κ2) is 6.63. The van der Waals surface area contributed by atoms with E-state index in [1.165, 1.54) is 0 Å². The van der Waals surface area contributed by atoms with Crippen LogP contribution in [0.4, 0.5) is 4.39 Å². The van der Waals surface area contributed by atoms with Gasteiger partial charge in [-0.3, -0.25) is 9.78 Å². The Bertz CT molecular complexity index is 727. The summed E-state index contributed by atoms with van der Waals surface area (Å²) in [7, 11) is 0. The van der Waals surface area contributed by atoms with E-state index in [-0.39, 0.29) is 18.7 Å². The highest BCUT2D eigenvalue weighted by atomic mass is 19.1. The lowest BCUT2D eigenvalue weighted by Gasteiger charge is -2.36. The van der Waals surface area contributed by atoms with Gasteiger partial charge >= 0.3 is 0 Å². The lowest BCUT2D eigenvalue weighted by Crippen LogP contribution is -2.44. The van der Waals surface area contributed by atoms with Crippen LogP contribution < -0.4 is 0 Å². The van der Waals surface area contributed by atoms with Crippen LogP contribution in [0, 0.1) is 6.92 Å². The first-order chi connectivity index (χ1) is 11.5. The van der Waals surface area contributed by atoms with Crippen molar-refractivity contribution < 1.29 is 9.18 Å². The Morgan fingerprint density at radius 2 is 2.04 bits per heavy atom. The zero-order valence-corrected chi connectivity index (χ0v) is 14.0. The molecule has 0 aromatic carbocycles. The van der Waals surface area contributed by atoms with Gasteiger partial charge in [0.25, 0.3) is 5.91 Å². The summed E-state index contributed by atoms with van der Waals surface area (Å²) in [6.45, 7) is 4.49. The number of aromatic nitrogens is 3. The van der Waals surface area contributed by atoms with E-state index in [2.05, 4.69) is 15.0 Å². The van der Waals surface area contributed by atoms with Crippen LogP contribution in [0.25, 0.3) is 0 Å². The molecule has 0 saturated carbocycles. The van der Waals surface area contributed by atoms with Crippen LogP contribution in [0.5, 0.6) is 0 Å². The van der Waals surface area contributed by atoms with Crippen molar-refractivity contribution in [1.29, 1.82) is 0 Å². The molecular weight excluding hydrogens is 307 g/mol. The zero-order chi connectivity index (χ0) is 17.2. The molecule has 0 bridgehead atoms. The maximum Gasteiger partial charge on any atom is 0.257 e. The number of hydrogen-bond donors (Lipinski definition) is 0. The van der Waals surface area contributed by atoms with Crippen molar-refractivity contribution >= 4 is 5.91 Å². The highest BCUT2D eigenvalue weighted by molar-refractivity contribution is 5.95. The molecule has 0 N–H and O–H groups in total. The number of likely N-dealkylation sites (tertiary alicyclic amines) is 1. The van der Waals surface area contributed by atoms with E-state index in [0.29, 0.717) is 36.6 Å². The van der Waals surface area contributed by atoms with Gasteiger partial charge in [0.1, 0.15) is 5.82 Å². The monoisotopic (exact) mass is 328 g/mol. The normalized spacial score (nSPS) is 16.9. The predicted molar refractivity (Wildman–Crippen MR) is 88.3 cm³/mol. The number of rotatable bonds is 3. The molecule has 1 fully saturated rings. The van der Waals surface area contributed by atoms with Gasteiger partial charge in [-0.25, -0.2) is 14.4 Å². The SMILES string of the molecule is CCc1nc(C)ncc1C(=O)N1CCC(F)(c2ccccn2)CC1. The number of carbonyl (C=O) groups is 1. The van der Waals surface area contributed by atoms with Crippen LogP contribution in [0.15, 0.2) is 30.6 Å². The average Bonchev–Trinajstić information content (AvgIpc) is 2.62. The fourth-order valence-corrected chi connectivity index (χ4v) is 3.08. The van der Waals surface area contributed by atoms with Crippen molar-refractivity contribution in [3.63, 3.8) is 0 Å². The molecule has 3 heterocycles. The highest BCUT2D eigenvalue weighted by Gasteiger charge is 2.39. The van der Waals surface area contributed by atoms with Gasteiger partial charge in [-0.05, 0) is 25.5 Å². The second-order valence-corrected chi connectivity index (χ2v) is 6.10. The topological polar surface area (TPSA) is 59.0 Å². The van der Waals surface area contributed by atoms with Gasteiger partial charge in [0, 0.05) is 38.3 Å². The molecule has 6 heteroatoms. The first kappa shape index (κ1) is 16.5. The summed E-state index contributed by atoms with van der Waals surface area (Å²) in [6.07, 6.45) is 4.36. The van der Waals surface area contributed by atoms with E-state index >= 15 is 4.39 Å². The minimum atomic E-state index is -1.46. The van der Waals surface area contributed by atoms with Gasteiger partial charge in [-0.15, -0.1) is 0 Å². The number of nitrogens with zero attached hydrogens (tertiary/aromatic N) is 4. The van der Waals surface area contributed by atoms with Gasteiger partial charge in [-0.2, -0.15) is 0 Å². The number of carbonyl (C=O) groups excluding carboxylic acids is 1. The molecule has 0 atom stereocenters. The average molecular weight is 328 g/mol. The zero-order valence-electron chi connectivity index (χ0n) is 14.0. The smallest absolute Gasteiger partial charge is 0.257 e. The third kappa shape index (κ3) is 3.13. The molecule has 1 amide bonds. The molecule has 0 aliphatic carbocycles. The molecule has 0 spiro atoms. The van der Waals surface area contributed by atoms with Crippen molar-refractivity contribution in [2.24, 2.45) is 0 Å². The lowest BCUT2D eigenvalue weighted by molar-refractivity contribution is 0.0401. The summed E-state index contributed by atoms with van der Waals surface area (Å²) in [5.74, 6) is 0.537. The number of aryl methyl sites for hydroxylation is 2. The van der Waals surface area contributed by atoms with Crippen molar-refractivity contribution in [2.75, 3.05) is 13.1 Å². The van der Waals surface area contributed by atoms with Crippen LogP contribution >= 0.6 is 0 Å². The fraction of sp³-hybridized carbons (Fsp3) is 0.444. The maximum atomic E-state index is 15.1. The highest BCUT2D eigenvalue weighted by Crippen LogP contribution is 2.36. The molecule has 1 aliphatic heterocycles. The van der Waals surface area contributed by atoms with Gasteiger partial charge in [0.05, 0.1) is 17.0 Å². The number of halogens is 1.